The van der Waals surface area contributed by atoms with Crippen molar-refractivity contribution in [2.45, 2.75) is 45.1 Å². The van der Waals surface area contributed by atoms with Crippen molar-refractivity contribution in [2.24, 2.45) is 0 Å². The van der Waals surface area contributed by atoms with Crippen molar-refractivity contribution in [1.82, 2.24) is 4.90 Å². The molecule has 1 atom stereocenters. The van der Waals surface area contributed by atoms with Crippen LogP contribution in [-0.2, 0) is 11.2 Å². The Kier molecular flexibility index (Phi) is 6.86. The summed E-state index contributed by atoms with van der Waals surface area (Å²) in [6, 6.07) is 20.8. The average molecular weight is 309 g/mol. The van der Waals surface area contributed by atoms with E-state index in [0.29, 0.717) is 6.42 Å². The lowest BCUT2D eigenvalue weighted by atomic mass is 9.97. The lowest BCUT2D eigenvalue weighted by Gasteiger charge is -2.29. The molecule has 2 nitrogen and oxygen atoms in total. The van der Waals surface area contributed by atoms with Crippen LogP contribution in [0.2, 0.25) is 0 Å². The normalized spacial score (nSPS) is 11.9. The maximum absolute atomic E-state index is 12.5. The highest BCUT2D eigenvalue weighted by atomic mass is 16.2. The molecule has 2 heteroatoms. The van der Waals surface area contributed by atoms with Gasteiger partial charge < -0.3 is 4.90 Å². The molecule has 0 saturated carbocycles. The Labute approximate surface area is 140 Å². The minimum absolute atomic E-state index is 0.0905. The number of carbonyl (C=O) groups is 1. The third-order valence-electron chi connectivity index (χ3n) is 4.31. The van der Waals surface area contributed by atoms with Crippen LogP contribution in [0.5, 0.6) is 0 Å². The summed E-state index contributed by atoms with van der Waals surface area (Å²) in [4.78, 5) is 14.5. The van der Waals surface area contributed by atoms with Gasteiger partial charge >= 0.3 is 0 Å². The quantitative estimate of drug-likeness (QED) is 0.628. The predicted molar refractivity (Wildman–Crippen MR) is 96.2 cm³/mol. The van der Waals surface area contributed by atoms with E-state index in [2.05, 4.69) is 43.3 Å². The van der Waals surface area contributed by atoms with E-state index in [1.165, 1.54) is 11.1 Å². The first-order valence-corrected chi connectivity index (χ1v) is 8.57. The summed E-state index contributed by atoms with van der Waals surface area (Å²) >= 11 is 0. The lowest BCUT2D eigenvalue weighted by molar-refractivity contribution is -0.132. The van der Waals surface area contributed by atoms with Crippen LogP contribution in [-0.4, -0.2) is 17.9 Å². The van der Waals surface area contributed by atoms with Crippen LogP contribution in [0.1, 0.15) is 49.8 Å². The third kappa shape index (κ3) is 5.24. The molecule has 122 valence electrons. The molecule has 0 aliphatic carbocycles. The molecule has 2 aromatic rings. The SMILES string of the molecule is CCCCCC(=O)N(C)[C@@H](Cc1ccccc1)c1ccccc1. The van der Waals surface area contributed by atoms with Gasteiger partial charge in [-0.05, 0) is 24.0 Å². The molecule has 0 unspecified atom stereocenters. The fourth-order valence-electron chi connectivity index (χ4n) is 2.87. The monoisotopic (exact) mass is 309 g/mol. The Bertz CT molecular complexity index is 579. The van der Waals surface area contributed by atoms with Gasteiger partial charge in [-0.1, -0.05) is 80.4 Å². The van der Waals surface area contributed by atoms with E-state index in [-0.39, 0.29) is 11.9 Å². The zero-order chi connectivity index (χ0) is 16.5. The number of rotatable bonds is 8. The van der Waals surface area contributed by atoms with Gasteiger partial charge in [0.25, 0.3) is 0 Å². The molecule has 0 aliphatic rings. The largest absolute Gasteiger partial charge is 0.338 e. The van der Waals surface area contributed by atoms with E-state index in [1.54, 1.807) is 0 Å². The molecule has 0 N–H and O–H groups in total. The minimum atomic E-state index is 0.0905. The Morgan fingerprint density at radius 3 is 2.17 bits per heavy atom. The van der Waals surface area contributed by atoms with Gasteiger partial charge in [-0.3, -0.25) is 4.79 Å². The molecular weight excluding hydrogens is 282 g/mol. The van der Waals surface area contributed by atoms with Crippen molar-refractivity contribution in [3.05, 3.63) is 71.8 Å². The van der Waals surface area contributed by atoms with Gasteiger partial charge in [0.05, 0.1) is 6.04 Å². The second-order valence-electron chi connectivity index (χ2n) is 6.08. The highest BCUT2D eigenvalue weighted by Gasteiger charge is 2.21. The second-order valence-corrected chi connectivity index (χ2v) is 6.08. The minimum Gasteiger partial charge on any atom is -0.338 e. The van der Waals surface area contributed by atoms with Gasteiger partial charge in [-0.25, -0.2) is 0 Å². The topological polar surface area (TPSA) is 20.3 Å². The molecule has 2 aromatic carbocycles. The number of unbranched alkanes of at least 4 members (excludes halogenated alkanes) is 2. The molecule has 0 radical (unpaired) electrons. The van der Waals surface area contributed by atoms with Gasteiger partial charge in [-0.2, -0.15) is 0 Å². The van der Waals surface area contributed by atoms with E-state index in [4.69, 9.17) is 0 Å². The molecular formula is C21H27NO. The van der Waals surface area contributed by atoms with Crippen LogP contribution >= 0.6 is 0 Å². The van der Waals surface area contributed by atoms with Gasteiger partial charge in [0.15, 0.2) is 0 Å². The number of carbonyl (C=O) groups excluding carboxylic acids is 1. The Hall–Kier alpha value is -2.09. The standard InChI is InChI=1S/C21H27NO/c1-3-4-7-16-21(23)22(2)20(19-14-10-6-11-15-19)17-18-12-8-5-9-13-18/h5-6,8-15,20H,3-4,7,16-17H2,1-2H3/t20-/m0/s1. The van der Waals surface area contributed by atoms with Crippen LogP contribution in [0.15, 0.2) is 60.7 Å². The number of nitrogens with zero attached hydrogens (tertiary/aromatic N) is 1. The summed E-state index contributed by atoms with van der Waals surface area (Å²) in [7, 11) is 1.94. The van der Waals surface area contributed by atoms with E-state index in [9.17, 15) is 4.79 Å². The Morgan fingerprint density at radius 2 is 1.57 bits per heavy atom. The third-order valence-corrected chi connectivity index (χ3v) is 4.31. The molecule has 0 saturated heterocycles. The first-order valence-electron chi connectivity index (χ1n) is 8.57. The number of hydrogen-bond acceptors (Lipinski definition) is 1. The first-order chi connectivity index (χ1) is 11.2. The zero-order valence-corrected chi connectivity index (χ0v) is 14.2. The molecule has 1 amide bonds. The van der Waals surface area contributed by atoms with E-state index >= 15 is 0 Å². The zero-order valence-electron chi connectivity index (χ0n) is 14.2. The average Bonchev–Trinajstić information content (AvgIpc) is 2.61. The molecule has 0 spiro atoms. The molecule has 0 aromatic heterocycles. The van der Waals surface area contributed by atoms with Crippen LogP contribution in [0.4, 0.5) is 0 Å². The summed E-state index contributed by atoms with van der Waals surface area (Å²) in [6.45, 7) is 2.16. The van der Waals surface area contributed by atoms with Crippen molar-refractivity contribution in [1.29, 1.82) is 0 Å². The van der Waals surface area contributed by atoms with Gasteiger partial charge in [0.1, 0.15) is 0 Å². The van der Waals surface area contributed by atoms with Crippen LogP contribution in [0, 0.1) is 0 Å². The highest BCUT2D eigenvalue weighted by Crippen LogP contribution is 2.25. The van der Waals surface area contributed by atoms with Crippen molar-refractivity contribution < 1.29 is 4.79 Å². The summed E-state index contributed by atoms with van der Waals surface area (Å²) in [6.07, 6.45) is 4.73. The van der Waals surface area contributed by atoms with Gasteiger partial charge in [0, 0.05) is 13.5 Å². The van der Waals surface area contributed by atoms with Crippen LogP contribution < -0.4 is 0 Å². The van der Waals surface area contributed by atoms with Gasteiger partial charge in [-0.15, -0.1) is 0 Å². The van der Waals surface area contributed by atoms with E-state index in [1.807, 2.05) is 36.2 Å². The van der Waals surface area contributed by atoms with Crippen LogP contribution in [0.25, 0.3) is 0 Å². The van der Waals surface area contributed by atoms with Crippen molar-refractivity contribution in [2.75, 3.05) is 7.05 Å². The summed E-state index contributed by atoms with van der Waals surface area (Å²) < 4.78 is 0. The molecule has 0 bridgehead atoms. The number of amides is 1. The molecule has 0 aliphatic heterocycles. The predicted octanol–water partition coefficient (Wildman–Crippen LogP) is 5.01. The number of benzene rings is 2. The van der Waals surface area contributed by atoms with Crippen molar-refractivity contribution in [3.8, 4) is 0 Å². The van der Waals surface area contributed by atoms with Gasteiger partial charge in [0.2, 0.25) is 5.91 Å². The van der Waals surface area contributed by atoms with Crippen molar-refractivity contribution in [3.63, 3.8) is 0 Å². The summed E-state index contributed by atoms with van der Waals surface area (Å²) in [5.74, 6) is 0.239. The fraction of sp³-hybridized carbons (Fsp3) is 0.381. The van der Waals surface area contributed by atoms with E-state index in [0.717, 1.165) is 25.7 Å². The molecule has 0 heterocycles. The summed E-state index contributed by atoms with van der Waals surface area (Å²) in [5.41, 5.74) is 2.46. The second kappa shape index (κ2) is 9.14. The maximum atomic E-state index is 12.5. The van der Waals surface area contributed by atoms with Crippen molar-refractivity contribution >= 4 is 5.91 Å². The molecule has 2 rings (SSSR count). The number of likely N-dealkylation sites (N-methyl/N-ethyl adjacent to an activating group) is 1. The number of hydrogen-bond donors (Lipinski definition) is 0. The summed E-state index contributed by atoms with van der Waals surface area (Å²) in [5, 5.41) is 0. The molecule has 23 heavy (non-hydrogen) atoms. The maximum Gasteiger partial charge on any atom is 0.222 e. The highest BCUT2D eigenvalue weighted by molar-refractivity contribution is 5.76. The first kappa shape index (κ1) is 17.3. The van der Waals surface area contributed by atoms with E-state index < -0.39 is 0 Å². The van der Waals surface area contributed by atoms with Crippen LogP contribution in [0.3, 0.4) is 0 Å². The molecule has 0 fully saturated rings. The smallest absolute Gasteiger partial charge is 0.222 e. The fourth-order valence-corrected chi connectivity index (χ4v) is 2.87. The lowest BCUT2D eigenvalue weighted by Crippen LogP contribution is -2.32. The Balaban J connectivity index is 2.14. The Morgan fingerprint density at radius 1 is 0.957 bits per heavy atom.